The molecule has 0 atom stereocenters. The molecule has 4 heteroatoms. The third-order valence-electron chi connectivity index (χ3n) is 2.19. The highest BCUT2D eigenvalue weighted by Crippen LogP contribution is 2.20. The number of carbonyl (C=O) groups is 1. The predicted octanol–water partition coefficient (Wildman–Crippen LogP) is 1.64. The average Bonchev–Trinajstić information content (AvgIpc) is 2.38. The van der Waals surface area contributed by atoms with Crippen molar-refractivity contribution < 1.29 is 4.79 Å². The van der Waals surface area contributed by atoms with Crippen molar-refractivity contribution in [3.8, 4) is 11.4 Å². The van der Waals surface area contributed by atoms with Crippen LogP contribution in [0.1, 0.15) is 5.56 Å². The molecule has 0 unspecified atom stereocenters. The fourth-order valence-electron chi connectivity index (χ4n) is 1.46. The quantitative estimate of drug-likeness (QED) is 0.807. The van der Waals surface area contributed by atoms with Gasteiger partial charge in [0.1, 0.15) is 0 Å². The first kappa shape index (κ1) is 11.0. The first-order valence-electron chi connectivity index (χ1n) is 5.11. The van der Waals surface area contributed by atoms with Crippen LogP contribution in [-0.4, -0.2) is 15.9 Å². The Morgan fingerprint density at radius 1 is 1.12 bits per heavy atom. The molecule has 0 radical (unpaired) electrons. The van der Waals surface area contributed by atoms with E-state index in [1.807, 2.05) is 24.3 Å². The lowest BCUT2D eigenvalue weighted by molar-refractivity contribution is -0.113. The Labute approximate surface area is 98.8 Å². The third kappa shape index (κ3) is 2.75. The smallest absolute Gasteiger partial charge is 0.241 e. The van der Waals surface area contributed by atoms with Gasteiger partial charge in [-0.3, -0.25) is 4.79 Å². The second kappa shape index (κ2) is 5.03. The highest BCUT2D eigenvalue weighted by Gasteiger charge is 2.03. The van der Waals surface area contributed by atoms with E-state index < -0.39 is 5.91 Å². The Morgan fingerprint density at radius 2 is 1.82 bits per heavy atom. The van der Waals surface area contributed by atoms with E-state index in [0.29, 0.717) is 5.82 Å². The van der Waals surface area contributed by atoms with Gasteiger partial charge in [-0.05, 0) is 17.7 Å². The van der Waals surface area contributed by atoms with Crippen LogP contribution in [0.25, 0.3) is 17.5 Å². The van der Waals surface area contributed by atoms with E-state index in [1.54, 1.807) is 24.5 Å². The molecular formula is C13H11N3O. The average molecular weight is 225 g/mol. The number of amides is 1. The second-order valence-corrected chi connectivity index (χ2v) is 3.40. The van der Waals surface area contributed by atoms with Gasteiger partial charge in [-0.2, -0.15) is 0 Å². The summed E-state index contributed by atoms with van der Waals surface area (Å²) < 4.78 is 0. The van der Waals surface area contributed by atoms with Gasteiger partial charge in [0.15, 0.2) is 5.82 Å². The van der Waals surface area contributed by atoms with Crippen LogP contribution in [0, 0.1) is 0 Å². The number of hydrogen-bond donors (Lipinski definition) is 1. The number of rotatable bonds is 3. The number of aromatic nitrogens is 2. The van der Waals surface area contributed by atoms with Crippen molar-refractivity contribution in [1.82, 2.24) is 9.97 Å². The maximum Gasteiger partial charge on any atom is 0.241 e. The Balaban J connectivity index is 2.45. The SMILES string of the molecule is NC(=O)C=Cc1ccccc1-c1ncccn1. The van der Waals surface area contributed by atoms with Crippen molar-refractivity contribution >= 4 is 12.0 Å². The molecule has 0 bridgehead atoms. The highest BCUT2D eigenvalue weighted by molar-refractivity contribution is 5.91. The molecule has 17 heavy (non-hydrogen) atoms. The van der Waals surface area contributed by atoms with Gasteiger partial charge in [0.05, 0.1) is 0 Å². The molecule has 0 aliphatic rings. The summed E-state index contributed by atoms with van der Waals surface area (Å²) in [5, 5.41) is 0. The second-order valence-electron chi connectivity index (χ2n) is 3.40. The van der Waals surface area contributed by atoms with Crippen LogP contribution in [-0.2, 0) is 4.79 Å². The largest absolute Gasteiger partial charge is 0.366 e. The predicted molar refractivity (Wildman–Crippen MR) is 65.7 cm³/mol. The lowest BCUT2D eigenvalue weighted by Crippen LogP contribution is -2.05. The molecule has 2 aromatic rings. The molecule has 0 spiro atoms. The molecule has 0 saturated heterocycles. The Hall–Kier alpha value is -2.49. The third-order valence-corrected chi connectivity index (χ3v) is 2.19. The molecule has 2 N–H and O–H groups in total. The minimum absolute atomic E-state index is 0.478. The van der Waals surface area contributed by atoms with Crippen LogP contribution in [0.5, 0.6) is 0 Å². The van der Waals surface area contributed by atoms with E-state index in [4.69, 9.17) is 5.73 Å². The van der Waals surface area contributed by atoms with Crippen LogP contribution in [0.2, 0.25) is 0 Å². The van der Waals surface area contributed by atoms with E-state index in [9.17, 15) is 4.79 Å². The van der Waals surface area contributed by atoms with Crippen LogP contribution in [0.15, 0.2) is 48.8 Å². The van der Waals surface area contributed by atoms with Crippen molar-refractivity contribution in [3.05, 3.63) is 54.4 Å². The van der Waals surface area contributed by atoms with Gasteiger partial charge < -0.3 is 5.73 Å². The summed E-state index contributed by atoms with van der Waals surface area (Å²) >= 11 is 0. The van der Waals surface area contributed by atoms with Crippen LogP contribution < -0.4 is 5.73 Å². The number of nitrogens with zero attached hydrogens (tertiary/aromatic N) is 2. The fraction of sp³-hybridized carbons (Fsp3) is 0. The van der Waals surface area contributed by atoms with E-state index in [1.165, 1.54) is 6.08 Å². The Morgan fingerprint density at radius 3 is 2.53 bits per heavy atom. The molecule has 1 amide bonds. The first-order chi connectivity index (χ1) is 8.27. The van der Waals surface area contributed by atoms with Crippen molar-refractivity contribution in [3.63, 3.8) is 0 Å². The van der Waals surface area contributed by atoms with Crippen molar-refractivity contribution in [2.24, 2.45) is 5.73 Å². The highest BCUT2D eigenvalue weighted by atomic mass is 16.1. The lowest BCUT2D eigenvalue weighted by atomic mass is 10.1. The summed E-state index contributed by atoms with van der Waals surface area (Å²) in [5.74, 6) is 0.144. The zero-order valence-corrected chi connectivity index (χ0v) is 9.08. The molecule has 0 aliphatic carbocycles. The van der Waals surface area contributed by atoms with E-state index >= 15 is 0 Å². The van der Waals surface area contributed by atoms with Gasteiger partial charge in [0.2, 0.25) is 5.91 Å². The molecule has 1 aromatic carbocycles. The fourth-order valence-corrected chi connectivity index (χ4v) is 1.46. The van der Waals surface area contributed by atoms with Crippen molar-refractivity contribution in [1.29, 1.82) is 0 Å². The van der Waals surface area contributed by atoms with Crippen LogP contribution in [0.3, 0.4) is 0 Å². The molecule has 2 rings (SSSR count). The summed E-state index contributed by atoms with van der Waals surface area (Å²) in [6.07, 6.45) is 6.34. The summed E-state index contributed by atoms with van der Waals surface area (Å²) in [6.45, 7) is 0. The Bertz CT molecular complexity index is 550. The van der Waals surface area contributed by atoms with Crippen molar-refractivity contribution in [2.45, 2.75) is 0 Å². The molecule has 84 valence electrons. The molecular weight excluding hydrogens is 214 g/mol. The minimum atomic E-state index is -0.478. The maximum atomic E-state index is 10.7. The normalized spacial score (nSPS) is 10.6. The summed E-state index contributed by atoms with van der Waals surface area (Å²) in [5.41, 5.74) is 6.80. The molecule has 4 nitrogen and oxygen atoms in total. The molecule has 1 aromatic heterocycles. The summed E-state index contributed by atoms with van der Waals surface area (Å²) in [7, 11) is 0. The molecule has 0 saturated carbocycles. The van der Waals surface area contributed by atoms with Gasteiger partial charge in [-0.15, -0.1) is 0 Å². The van der Waals surface area contributed by atoms with Crippen LogP contribution in [0.4, 0.5) is 0 Å². The summed E-state index contributed by atoms with van der Waals surface area (Å²) in [6, 6.07) is 9.31. The van der Waals surface area contributed by atoms with E-state index in [2.05, 4.69) is 9.97 Å². The minimum Gasteiger partial charge on any atom is -0.366 e. The standard InChI is InChI=1S/C13H11N3O/c14-12(17)7-6-10-4-1-2-5-11(10)13-15-8-3-9-16-13/h1-9H,(H2,14,17). The van der Waals surface area contributed by atoms with Gasteiger partial charge in [-0.25, -0.2) is 9.97 Å². The molecule has 0 fully saturated rings. The van der Waals surface area contributed by atoms with E-state index in [-0.39, 0.29) is 0 Å². The molecule has 0 aliphatic heterocycles. The number of primary amides is 1. The van der Waals surface area contributed by atoms with Gasteiger partial charge in [0, 0.05) is 24.0 Å². The number of benzene rings is 1. The van der Waals surface area contributed by atoms with Crippen molar-refractivity contribution in [2.75, 3.05) is 0 Å². The summed E-state index contributed by atoms with van der Waals surface area (Å²) in [4.78, 5) is 19.1. The number of hydrogen-bond acceptors (Lipinski definition) is 3. The van der Waals surface area contributed by atoms with Gasteiger partial charge in [-0.1, -0.05) is 24.3 Å². The maximum absolute atomic E-state index is 10.7. The number of nitrogens with two attached hydrogens (primary N) is 1. The lowest BCUT2D eigenvalue weighted by Gasteiger charge is -2.03. The zero-order valence-electron chi connectivity index (χ0n) is 9.08. The van der Waals surface area contributed by atoms with Gasteiger partial charge >= 0.3 is 0 Å². The Kier molecular flexibility index (Phi) is 3.25. The topological polar surface area (TPSA) is 68.9 Å². The zero-order chi connectivity index (χ0) is 12.1. The first-order valence-corrected chi connectivity index (χ1v) is 5.11. The monoisotopic (exact) mass is 225 g/mol. The van der Waals surface area contributed by atoms with Gasteiger partial charge in [0.25, 0.3) is 0 Å². The van der Waals surface area contributed by atoms with Crippen LogP contribution >= 0.6 is 0 Å². The molecule has 1 heterocycles. The van der Waals surface area contributed by atoms with E-state index in [0.717, 1.165) is 11.1 Å². The number of carbonyl (C=O) groups excluding carboxylic acids is 1.